The number of thioether (sulfide) groups is 1. The Morgan fingerprint density at radius 2 is 1.77 bits per heavy atom. The van der Waals surface area contributed by atoms with Gasteiger partial charge in [0.1, 0.15) is 11.6 Å². The van der Waals surface area contributed by atoms with Crippen molar-refractivity contribution in [2.45, 2.75) is 36.3 Å². The molecule has 0 saturated carbocycles. The number of rotatable bonds is 8. The minimum Gasteiger partial charge on any atom is -0.494 e. The van der Waals surface area contributed by atoms with Crippen molar-refractivity contribution in [2.75, 3.05) is 44.2 Å². The van der Waals surface area contributed by atoms with E-state index < -0.39 is 0 Å². The SMILES string of the molecule is CCOc1ccccc1CN1C[C@H](Sc2nc3ccccc3[nH]2)C[C@H]1C(=O)N1CCN(c2ccccc2F)CC1. The van der Waals surface area contributed by atoms with Gasteiger partial charge in [0.05, 0.1) is 29.4 Å². The van der Waals surface area contributed by atoms with Gasteiger partial charge >= 0.3 is 0 Å². The molecule has 1 amide bonds. The number of imidazole rings is 1. The third-order valence-corrected chi connectivity index (χ3v) is 8.82. The van der Waals surface area contributed by atoms with E-state index in [1.807, 2.05) is 65.3 Å². The summed E-state index contributed by atoms with van der Waals surface area (Å²) in [6, 6.07) is 22.7. The normalized spacial score (nSPS) is 19.9. The first-order valence-corrected chi connectivity index (χ1v) is 14.8. The predicted octanol–water partition coefficient (Wildman–Crippen LogP) is 5.18. The van der Waals surface area contributed by atoms with Gasteiger partial charge in [-0.15, -0.1) is 0 Å². The zero-order valence-electron chi connectivity index (χ0n) is 22.6. The number of likely N-dealkylation sites (tertiary alicyclic amines) is 1. The molecule has 0 bridgehead atoms. The van der Waals surface area contributed by atoms with Crippen molar-refractivity contribution in [1.29, 1.82) is 0 Å². The largest absolute Gasteiger partial charge is 0.494 e. The van der Waals surface area contributed by atoms with Crippen LogP contribution in [-0.2, 0) is 11.3 Å². The zero-order chi connectivity index (χ0) is 27.5. The molecular formula is C31H34FN5O2S. The number of anilines is 1. The van der Waals surface area contributed by atoms with Crippen LogP contribution in [0.4, 0.5) is 10.1 Å². The van der Waals surface area contributed by atoms with E-state index in [2.05, 4.69) is 16.0 Å². The number of amides is 1. The molecule has 4 aromatic rings. The van der Waals surface area contributed by atoms with Crippen LogP contribution in [0.2, 0.25) is 0 Å². The molecule has 0 radical (unpaired) electrons. The van der Waals surface area contributed by atoms with Gasteiger partial charge in [-0.25, -0.2) is 9.37 Å². The number of aromatic nitrogens is 2. The van der Waals surface area contributed by atoms with Crippen LogP contribution < -0.4 is 9.64 Å². The standard InChI is InChI=1S/C31H34FN5O2S/c1-2-39-29-14-8-3-9-22(29)20-37-21-23(40-31-33-25-11-5-6-12-26(25)34-31)19-28(37)30(38)36-17-15-35(16-18-36)27-13-7-4-10-24(27)32/h3-14,23,28H,2,15-21H2,1H3,(H,33,34)/t23-,28+/m1/s1. The average Bonchev–Trinajstić information content (AvgIpc) is 3.57. The van der Waals surface area contributed by atoms with E-state index in [4.69, 9.17) is 9.72 Å². The number of piperazine rings is 1. The van der Waals surface area contributed by atoms with Gasteiger partial charge < -0.3 is 19.5 Å². The van der Waals surface area contributed by atoms with Gasteiger partial charge in [-0.3, -0.25) is 9.69 Å². The number of fused-ring (bicyclic) bond motifs is 1. The van der Waals surface area contributed by atoms with Gasteiger partial charge in [-0.05, 0) is 43.7 Å². The number of nitrogens with zero attached hydrogens (tertiary/aromatic N) is 4. The van der Waals surface area contributed by atoms with Crippen molar-refractivity contribution in [3.05, 3.63) is 84.2 Å². The lowest BCUT2D eigenvalue weighted by Gasteiger charge is -2.38. The van der Waals surface area contributed by atoms with Gasteiger partial charge in [-0.1, -0.05) is 54.2 Å². The molecule has 208 valence electrons. The van der Waals surface area contributed by atoms with Crippen molar-refractivity contribution < 1.29 is 13.9 Å². The Labute approximate surface area is 238 Å². The first-order valence-electron chi connectivity index (χ1n) is 13.9. The van der Waals surface area contributed by atoms with Crippen molar-refractivity contribution >= 4 is 34.4 Å². The van der Waals surface area contributed by atoms with E-state index in [1.54, 1.807) is 23.9 Å². The summed E-state index contributed by atoms with van der Waals surface area (Å²) in [4.78, 5) is 28.5. The Hall–Kier alpha value is -3.56. The lowest BCUT2D eigenvalue weighted by atomic mass is 10.1. The van der Waals surface area contributed by atoms with Crippen molar-refractivity contribution in [2.24, 2.45) is 0 Å². The predicted molar refractivity (Wildman–Crippen MR) is 157 cm³/mol. The molecule has 9 heteroatoms. The van der Waals surface area contributed by atoms with Gasteiger partial charge in [0.25, 0.3) is 0 Å². The average molecular weight is 560 g/mol. The molecule has 1 aromatic heterocycles. The van der Waals surface area contributed by atoms with E-state index in [9.17, 15) is 9.18 Å². The van der Waals surface area contributed by atoms with Crippen LogP contribution in [0, 0.1) is 5.82 Å². The van der Waals surface area contributed by atoms with E-state index >= 15 is 0 Å². The number of para-hydroxylation sites is 4. The Kier molecular flexibility index (Phi) is 7.93. The van der Waals surface area contributed by atoms with Gasteiger partial charge in [0.15, 0.2) is 5.16 Å². The molecular weight excluding hydrogens is 525 g/mol. The minimum absolute atomic E-state index is 0.148. The second-order valence-corrected chi connectivity index (χ2v) is 11.6. The number of nitrogens with one attached hydrogen (secondary N) is 1. The number of carbonyl (C=O) groups excluding carboxylic acids is 1. The molecule has 2 aliphatic heterocycles. The molecule has 2 saturated heterocycles. The second kappa shape index (κ2) is 11.9. The van der Waals surface area contributed by atoms with Crippen LogP contribution in [0.25, 0.3) is 11.0 Å². The maximum Gasteiger partial charge on any atom is 0.240 e. The third kappa shape index (κ3) is 5.67. The fourth-order valence-corrected chi connectivity index (χ4v) is 6.94. The first-order chi connectivity index (χ1) is 19.6. The van der Waals surface area contributed by atoms with Gasteiger partial charge in [0.2, 0.25) is 5.91 Å². The molecule has 2 atom stereocenters. The second-order valence-electron chi connectivity index (χ2n) is 10.3. The van der Waals surface area contributed by atoms with Gasteiger partial charge in [-0.2, -0.15) is 0 Å². The van der Waals surface area contributed by atoms with Crippen LogP contribution in [0.1, 0.15) is 18.9 Å². The number of hydrogen-bond acceptors (Lipinski definition) is 6. The van der Waals surface area contributed by atoms with Crippen molar-refractivity contribution in [3.63, 3.8) is 0 Å². The molecule has 0 spiro atoms. The smallest absolute Gasteiger partial charge is 0.240 e. The number of halogens is 1. The highest BCUT2D eigenvalue weighted by Gasteiger charge is 2.40. The summed E-state index contributed by atoms with van der Waals surface area (Å²) >= 11 is 1.71. The lowest BCUT2D eigenvalue weighted by molar-refractivity contribution is -0.136. The van der Waals surface area contributed by atoms with Crippen molar-refractivity contribution in [3.8, 4) is 5.75 Å². The Morgan fingerprint density at radius 3 is 2.58 bits per heavy atom. The zero-order valence-corrected chi connectivity index (χ0v) is 23.4. The topological polar surface area (TPSA) is 64.7 Å². The van der Waals surface area contributed by atoms with Crippen LogP contribution in [-0.4, -0.2) is 76.3 Å². The van der Waals surface area contributed by atoms with E-state index in [0.717, 1.165) is 40.5 Å². The number of benzene rings is 3. The molecule has 7 nitrogen and oxygen atoms in total. The lowest BCUT2D eigenvalue weighted by Crippen LogP contribution is -2.53. The summed E-state index contributed by atoms with van der Waals surface area (Å²) in [6.45, 7) is 6.37. The monoisotopic (exact) mass is 559 g/mol. The summed E-state index contributed by atoms with van der Waals surface area (Å²) < 4.78 is 20.3. The van der Waals surface area contributed by atoms with Crippen LogP contribution >= 0.6 is 11.8 Å². The number of ether oxygens (including phenoxy) is 1. The highest BCUT2D eigenvalue weighted by molar-refractivity contribution is 7.99. The summed E-state index contributed by atoms with van der Waals surface area (Å²) in [7, 11) is 0. The summed E-state index contributed by atoms with van der Waals surface area (Å²) in [6.07, 6.45) is 0.741. The van der Waals surface area contributed by atoms with Crippen LogP contribution in [0.5, 0.6) is 5.75 Å². The van der Waals surface area contributed by atoms with E-state index in [1.165, 1.54) is 6.07 Å². The van der Waals surface area contributed by atoms with E-state index in [0.29, 0.717) is 45.0 Å². The molecule has 3 heterocycles. The molecule has 40 heavy (non-hydrogen) atoms. The van der Waals surface area contributed by atoms with E-state index in [-0.39, 0.29) is 23.0 Å². The summed E-state index contributed by atoms with van der Waals surface area (Å²) in [5.41, 5.74) is 3.66. The summed E-state index contributed by atoms with van der Waals surface area (Å²) in [5, 5.41) is 1.10. The molecule has 0 unspecified atom stereocenters. The van der Waals surface area contributed by atoms with Crippen LogP contribution in [0.15, 0.2) is 78.0 Å². The highest BCUT2D eigenvalue weighted by Crippen LogP contribution is 2.35. The minimum atomic E-state index is -0.239. The highest BCUT2D eigenvalue weighted by atomic mass is 32.2. The van der Waals surface area contributed by atoms with Crippen LogP contribution in [0.3, 0.4) is 0 Å². The number of hydrogen-bond donors (Lipinski definition) is 1. The molecule has 0 aliphatic carbocycles. The maximum atomic E-state index is 14.4. The van der Waals surface area contributed by atoms with Gasteiger partial charge in [0, 0.05) is 50.1 Å². The molecule has 3 aromatic carbocycles. The fourth-order valence-electron chi connectivity index (χ4n) is 5.76. The van der Waals surface area contributed by atoms with Crippen molar-refractivity contribution in [1.82, 2.24) is 19.8 Å². The molecule has 6 rings (SSSR count). The maximum absolute atomic E-state index is 14.4. The Balaban J connectivity index is 1.19. The first kappa shape index (κ1) is 26.7. The number of carbonyl (C=O) groups is 1. The fraction of sp³-hybridized carbons (Fsp3) is 0.355. The number of aromatic amines is 1. The number of H-pyrrole nitrogens is 1. The Morgan fingerprint density at radius 1 is 1.02 bits per heavy atom. The Bertz CT molecular complexity index is 1440. The molecule has 2 aliphatic rings. The molecule has 1 N–H and O–H groups in total. The molecule has 2 fully saturated rings. The summed E-state index contributed by atoms with van der Waals surface area (Å²) in [5.74, 6) is 0.792. The third-order valence-electron chi connectivity index (χ3n) is 7.73. The quantitative estimate of drug-likeness (QED) is 0.321.